The van der Waals surface area contributed by atoms with Gasteiger partial charge in [-0.25, -0.2) is 4.79 Å². The summed E-state index contributed by atoms with van der Waals surface area (Å²) in [5, 5.41) is 7.52. The first kappa shape index (κ1) is 24.6. The number of benzene rings is 1. The molecular weight excluding hydrogens is 426 g/mol. The van der Waals surface area contributed by atoms with Crippen LogP contribution >= 0.6 is 0 Å². The average Bonchev–Trinajstić information content (AvgIpc) is 3.07. The van der Waals surface area contributed by atoms with Crippen LogP contribution < -0.4 is 16.2 Å². The number of ether oxygens (including phenoxy) is 3. The van der Waals surface area contributed by atoms with Crippen molar-refractivity contribution in [2.75, 3.05) is 26.7 Å². The molecule has 2 heterocycles. The monoisotopic (exact) mass is 461 g/mol. The molecular formula is C23H35N5O5. The molecule has 3 rings (SSSR count). The minimum Gasteiger partial charge on any atom is -0.468 e. The largest absolute Gasteiger partial charge is 0.468 e. The van der Waals surface area contributed by atoms with Gasteiger partial charge in [0.1, 0.15) is 17.8 Å². The number of piperidine rings is 1. The minimum atomic E-state index is -0.715. The van der Waals surface area contributed by atoms with Crippen LogP contribution in [0.2, 0.25) is 0 Å². The van der Waals surface area contributed by atoms with E-state index in [1.165, 1.54) is 7.11 Å². The van der Waals surface area contributed by atoms with Crippen molar-refractivity contribution in [3.63, 3.8) is 0 Å². The maximum atomic E-state index is 12.4. The van der Waals surface area contributed by atoms with Crippen molar-refractivity contribution in [3.05, 3.63) is 29.8 Å². The van der Waals surface area contributed by atoms with Crippen LogP contribution in [0.4, 0.5) is 4.79 Å². The molecule has 3 unspecified atom stereocenters. The molecule has 10 nitrogen and oxygen atoms in total. The zero-order chi connectivity index (χ0) is 24.0. The lowest BCUT2D eigenvalue weighted by molar-refractivity contribution is -0.142. The number of nitrogens with two attached hydrogens (primary N) is 2. The number of esters is 1. The number of guanidine groups is 1. The Hall–Kier alpha value is -3.01. The highest BCUT2D eigenvalue weighted by Gasteiger charge is 2.40. The van der Waals surface area contributed by atoms with E-state index in [2.05, 4.69) is 4.74 Å². The lowest BCUT2D eigenvalue weighted by atomic mass is 9.92. The van der Waals surface area contributed by atoms with E-state index in [4.69, 9.17) is 26.4 Å². The van der Waals surface area contributed by atoms with E-state index in [-0.39, 0.29) is 18.1 Å². The van der Waals surface area contributed by atoms with Crippen LogP contribution in [-0.4, -0.2) is 72.9 Å². The van der Waals surface area contributed by atoms with Gasteiger partial charge in [-0.2, -0.15) is 0 Å². The van der Waals surface area contributed by atoms with Gasteiger partial charge in [-0.3, -0.25) is 15.1 Å². The van der Waals surface area contributed by atoms with Gasteiger partial charge in [0.25, 0.3) is 6.29 Å². The number of carbonyl (C=O) groups is 2. The molecule has 182 valence electrons. The molecule has 2 aliphatic rings. The van der Waals surface area contributed by atoms with Gasteiger partial charge in [0.05, 0.1) is 7.11 Å². The van der Waals surface area contributed by atoms with Crippen LogP contribution in [0.5, 0.6) is 5.75 Å². The highest BCUT2D eigenvalue weighted by molar-refractivity contribution is 5.75. The molecule has 2 saturated heterocycles. The van der Waals surface area contributed by atoms with E-state index in [1.807, 2.05) is 24.0 Å². The quantitative estimate of drug-likeness (QED) is 0.286. The van der Waals surface area contributed by atoms with Gasteiger partial charge in [-0.05, 0) is 62.6 Å². The van der Waals surface area contributed by atoms with E-state index < -0.39 is 18.3 Å². The number of amides is 1. The predicted octanol–water partition coefficient (Wildman–Crippen LogP) is 1.66. The molecule has 3 atom stereocenters. The zero-order valence-electron chi connectivity index (χ0n) is 19.4. The van der Waals surface area contributed by atoms with E-state index in [0.29, 0.717) is 24.6 Å². The number of methoxy groups -OCH3 is 1. The third-order valence-corrected chi connectivity index (χ3v) is 6.44. The Balaban J connectivity index is 1.43. The molecule has 10 heteroatoms. The fourth-order valence-corrected chi connectivity index (χ4v) is 4.34. The molecule has 0 aliphatic carbocycles. The van der Waals surface area contributed by atoms with Crippen LogP contribution in [0, 0.1) is 11.3 Å². The maximum absolute atomic E-state index is 12.4. The molecule has 2 aliphatic heterocycles. The second kappa shape index (κ2) is 11.2. The molecule has 0 radical (unpaired) electrons. The Bertz CT molecular complexity index is 825. The summed E-state index contributed by atoms with van der Waals surface area (Å²) in [6.07, 6.45) is 3.29. The highest BCUT2D eigenvalue weighted by atomic mass is 16.7. The zero-order valence-corrected chi connectivity index (χ0v) is 19.4. The van der Waals surface area contributed by atoms with E-state index in [1.54, 1.807) is 17.0 Å². The van der Waals surface area contributed by atoms with Crippen molar-refractivity contribution in [2.24, 2.45) is 17.4 Å². The maximum Gasteiger partial charge on any atom is 0.413 e. The second-order valence-corrected chi connectivity index (χ2v) is 8.74. The normalized spacial score (nSPS) is 22.1. The Morgan fingerprint density at radius 3 is 2.55 bits per heavy atom. The van der Waals surface area contributed by atoms with E-state index in [9.17, 15) is 9.59 Å². The Labute approximate surface area is 194 Å². The van der Waals surface area contributed by atoms with Crippen molar-refractivity contribution in [1.82, 2.24) is 9.80 Å². The summed E-state index contributed by atoms with van der Waals surface area (Å²) < 4.78 is 16.0. The number of hydrogen-bond acceptors (Lipinski definition) is 7. The average molecular weight is 462 g/mol. The molecule has 0 bridgehead atoms. The van der Waals surface area contributed by atoms with Crippen LogP contribution in [0.1, 0.15) is 38.2 Å². The van der Waals surface area contributed by atoms with Crippen LogP contribution in [0.15, 0.2) is 24.3 Å². The van der Waals surface area contributed by atoms with Crippen molar-refractivity contribution in [1.29, 1.82) is 5.41 Å². The Kier molecular flexibility index (Phi) is 8.37. The molecule has 1 aromatic carbocycles. The van der Waals surface area contributed by atoms with Gasteiger partial charge in [-0.15, -0.1) is 0 Å². The Morgan fingerprint density at radius 2 is 1.94 bits per heavy atom. The molecule has 0 saturated carbocycles. The summed E-state index contributed by atoms with van der Waals surface area (Å²) in [5.41, 5.74) is 12.2. The smallest absolute Gasteiger partial charge is 0.413 e. The number of nitrogens with one attached hydrogen (secondary N) is 1. The third kappa shape index (κ3) is 6.50. The first-order chi connectivity index (χ1) is 15.8. The van der Waals surface area contributed by atoms with Gasteiger partial charge in [0, 0.05) is 19.6 Å². The molecule has 1 aromatic rings. The SMILES string of the molecule is COC(=O)C(N)Cc1ccc(OC2OC(=O)N(CCCC3CCN(C(=N)N)CC3)C2C)cc1. The lowest BCUT2D eigenvalue weighted by Gasteiger charge is -2.32. The Morgan fingerprint density at radius 1 is 1.27 bits per heavy atom. The van der Waals surface area contributed by atoms with Crippen molar-refractivity contribution in [2.45, 2.75) is 57.4 Å². The fraction of sp³-hybridized carbons (Fsp3) is 0.609. The summed E-state index contributed by atoms with van der Waals surface area (Å²) in [4.78, 5) is 27.5. The number of cyclic esters (lactones) is 1. The second-order valence-electron chi connectivity index (χ2n) is 8.74. The topological polar surface area (TPSA) is 144 Å². The first-order valence-corrected chi connectivity index (χ1v) is 11.4. The predicted molar refractivity (Wildman–Crippen MR) is 123 cm³/mol. The molecule has 2 fully saturated rings. The molecule has 0 spiro atoms. The minimum absolute atomic E-state index is 0.146. The summed E-state index contributed by atoms with van der Waals surface area (Å²) in [7, 11) is 1.31. The summed E-state index contributed by atoms with van der Waals surface area (Å²) >= 11 is 0. The number of rotatable bonds is 9. The van der Waals surface area contributed by atoms with Crippen LogP contribution in [0.25, 0.3) is 0 Å². The summed E-state index contributed by atoms with van der Waals surface area (Å²) in [6.45, 7) is 4.19. The van der Waals surface area contributed by atoms with Gasteiger partial charge >= 0.3 is 12.1 Å². The number of hydrogen-bond donors (Lipinski definition) is 3. The van der Waals surface area contributed by atoms with Crippen molar-refractivity contribution in [3.8, 4) is 5.75 Å². The summed E-state index contributed by atoms with van der Waals surface area (Å²) in [6, 6.07) is 6.28. The van der Waals surface area contributed by atoms with Crippen molar-refractivity contribution < 1.29 is 23.8 Å². The van der Waals surface area contributed by atoms with Crippen molar-refractivity contribution >= 4 is 18.0 Å². The van der Waals surface area contributed by atoms with Gasteiger partial charge in [0.15, 0.2) is 5.96 Å². The third-order valence-electron chi connectivity index (χ3n) is 6.44. The lowest BCUT2D eigenvalue weighted by Crippen LogP contribution is -2.42. The van der Waals surface area contributed by atoms with E-state index >= 15 is 0 Å². The standard InChI is InChI=1S/C23H35N5O5/c1-15-21(32-18-7-5-17(6-8-18)14-19(24)20(29)31-2)33-23(30)28(15)11-3-4-16-9-12-27(13-10-16)22(25)26/h5-8,15-16,19,21H,3-4,9-14,24H2,1-2H3,(H3,25,26). The summed E-state index contributed by atoms with van der Waals surface area (Å²) in [5.74, 6) is 0.859. The van der Waals surface area contributed by atoms with Crippen LogP contribution in [-0.2, 0) is 20.7 Å². The molecule has 0 aromatic heterocycles. The molecule has 1 amide bonds. The van der Waals surface area contributed by atoms with Gasteiger partial charge in [-0.1, -0.05) is 12.1 Å². The van der Waals surface area contributed by atoms with Gasteiger partial charge < -0.3 is 30.6 Å². The number of nitrogens with zero attached hydrogens (tertiary/aromatic N) is 2. The number of carbonyl (C=O) groups excluding carboxylic acids is 2. The van der Waals surface area contributed by atoms with Crippen LogP contribution in [0.3, 0.4) is 0 Å². The number of likely N-dealkylation sites (tertiary alicyclic amines) is 1. The first-order valence-electron chi connectivity index (χ1n) is 11.4. The highest BCUT2D eigenvalue weighted by Crippen LogP contribution is 2.26. The molecule has 5 N–H and O–H groups in total. The fourth-order valence-electron chi connectivity index (χ4n) is 4.34. The molecule has 33 heavy (non-hydrogen) atoms. The van der Waals surface area contributed by atoms with E-state index in [0.717, 1.165) is 44.3 Å². The van der Waals surface area contributed by atoms with Gasteiger partial charge in [0.2, 0.25) is 0 Å².